The smallest absolute Gasteiger partial charge is 0.303 e. The van der Waals surface area contributed by atoms with E-state index in [1.165, 1.54) is 0 Å². The minimum atomic E-state index is -0.727. The van der Waals surface area contributed by atoms with E-state index in [1.54, 1.807) is 19.4 Å². The van der Waals surface area contributed by atoms with Crippen LogP contribution in [0, 0.1) is 5.92 Å². The van der Waals surface area contributed by atoms with Crippen molar-refractivity contribution in [3.63, 3.8) is 0 Å². The Morgan fingerprint density at radius 1 is 1.63 bits per heavy atom. The Balaban J connectivity index is 1.97. The molecule has 2 heterocycles. The number of hydrogen-bond acceptors (Lipinski definition) is 5. The molecule has 1 aromatic heterocycles. The first-order chi connectivity index (χ1) is 9.19. The zero-order valence-corrected chi connectivity index (χ0v) is 11.1. The Kier molecular flexibility index (Phi) is 4.54. The van der Waals surface area contributed by atoms with Gasteiger partial charge in [-0.05, 0) is 25.2 Å². The molecule has 6 nitrogen and oxygen atoms in total. The summed E-state index contributed by atoms with van der Waals surface area (Å²) >= 11 is 0. The lowest BCUT2D eigenvalue weighted by Gasteiger charge is -2.32. The zero-order valence-electron chi connectivity index (χ0n) is 11.1. The first-order valence-corrected chi connectivity index (χ1v) is 6.53. The van der Waals surface area contributed by atoms with E-state index in [2.05, 4.69) is 14.9 Å². The average molecular weight is 265 g/mol. The second-order valence-electron chi connectivity index (χ2n) is 4.79. The quantitative estimate of drug-likeness (QED) is 0.871. The second-order valence-corrected chi connectivity index (χ2v) is 4.79. The zero-order chi connectivity index (χ0) is 13.7. The second kappa shape index (κ2) is 6.36. The summed E-state index contributed by atoms with van der Waals surface area (Å²) < 4.78 is 5.10. The van der Waals surface area contributed by atoms with Gasteiger partial charge in [-0.15, -0.1) is 0 Å². The lowest BCUT2D eigenvalue weighted by atomic mass is 9.93. The first-order valence-electron chi connectivity index (χ1n) is 6.53. The summed E-state index contributed by atoms with van der Waals surface area (Å²) in [5, 5.41) is 8.74. The lowest BCUT2D eigenvalue weighted by molar-refractivity contribution is -0.137. The maximum atomic E-state index is 10.6. The third kappa shape index (κ3) is 3.81. The molecule has 0 radical (unpaired) electrons. The van der Waals surface area contributed by atoms with Crippen LogP contribution in [-0.2, 0) is 4.79 Å². The van der Waals surface area contributed by atoms with Crippen molar-refractivity contribution in [3.8, 4) is 5.88 Å². The van der Waals surface area contributed by atoms with Crippen LogP contribution in [0.1, 0.15) is 25.7 Å². The number of carboxylic acid groups (broad SMARTS) is 1. The fourth-order valence-corrected chi connectivity index (χ4v) is 2.41. The van der Waals surface area contributed by atoms with Gasteiger partial charge in [0.2, 0.25) is 11.8 Å². The predicted octanol–water partition coefficient (Wildman–Crippen LogP) is 1.57. The highest BCUT2D eigenvalue weighted by Crippen LogP contribution is 2.24. The standard InChI is InChI=1S/C13H19N3O3/c1-19-11-6-7-14-13(15-11)16-8-2-3-10(9-16)4-5-12(17)18/h6-7,10H,2-5,8-9H2,1H3,(H,17,18). The van der Waals surface area contributed by atoms with Gasteiger partial charge in [0.25, 0.3) is 0 Å². The number of anilines is 1. The van der Waals surface area contributed by atoms with Crippen LogP contribution >= 0.6 is 0 Å². The van der Waals surface area contributed by atoms with Gasteiger partial charge in [-0.3, -0.25) is 4.79 Å². The van der Waals surface area contributed by atoms with E-state index in [4.69, 9.17) is 9.84 Å². The highest BCUT2D eigenvalue weighted by Gasteiger charge is 2.22. The van der Waals surface area contributed by atoms with Crippen molar-refractivity contribution in [2.75, 3.05) is 25.1 Å². The Labute approximate surface area is 112 Å². The van der Waals surface area contributed by atoms with Gasteiger partial charge in [-0.2, -0.15) is 4.98 Å². The summed E-state index contributed by atoms with van der Waals surface area (Å²) in [4.78, 5) is 21.3. The molecule has 1 N–H and O–H groups in total. The molecule has 0 aliphatic carbocycles. The van der Waals surface area contributed by atoms with Crippen molar-refractivity contribution in [1.29, 1.82) is 0 Å². The van der Waals surface area contributed by atoms with Crippen LogP contribution in [0.25, 0.3) is 0 Å². The summed E-state index contributed by atoms with van der Waals surface area (Å²) in [6, 6.07) is 1.72. The number of methoxy groups -OCH3 is 1. The van der Waals surface area contributed by atoms with E-state index < -0.39 is 5.97 Å². The number of aromatic nitrogens is 2. The minimum Gasteiger partial charge on any atom is -0.481 e. The van der Waals surface area contributed by atoms with Gasteiger partial charge in [0, 0.05) is 31.8 Å². The monoisotopic (exact) mass is 265 g/mol. The summed E-state index contributed by atoms with van der Waals surface area (Å²) in [6.07, 6.45) is 4.76. The molecule has 0 aromatic carbocycles. The molecule has 1 fully saturated rings. The molecular formula is C13H19N3O3. The summed E-state index contributed by atoms with van der Waals surface area (Å²) in [7, 11) is 1.58. The largest absolute Gasteiger partial charge is 0.481 e. The maximum Gasteiger partial charge on any atom is 0.303 e. The van der Waals surface area contributed by atoms with Gasteiger partial charge < -0.3 is 14.7 Å². The van der Waals surface area contributed by atoms with Crippen LogP contribution in [-0.4, -0.2) is 41.2 Å². The van der Waals surface area contributed by atoms with Gasteiger partial charge in [-0.25, -0.2) is 4.98 Å². The van der Waals surface area contributed by atoms with Crippen LogP contribution in [0.15, 0.2) is 12.3 Å². The van der Waals surface area contributed by atoms with Crippen LogP contribution in [0.3, 0.4) is 0 Å². The topological polar surface area (TPSA) is 75.5 Å². The molecule has 0 spiro atoms. The van der Waals surface area contributed by atoms with Crippen molar-refractivity contribution in [3.05, 3.63) is 12.3 Å². The van der Waals surface area contributed by atoms with E-state index in [-0.39, 0.29) is 6.42 Å². The van der Waals surface area contributed by atoms with Gasteiger partial charge in [-0.1, -0.05) is 0 Å². The van der Waals surface area contributed by atoms with E-state index in [9.17, 15) is 4.79 Å². The molecule has 1 atom stereocenters. The normalized spacial score (nSPS) is 19.2. The summed E-state index contributed by atoms with van der Waals surface area (Å²) in [5.74, 6) is 0.895. The molecule has 1 aliphatic rings. The molecule has 6 heteroatoms. The first kappa shape index (κ1) is 13.6. The van der Waals surface area contributed by atoms with E-state index in [1.807, 2.05) is 0 Å². The highest BCUT2D eigenvalue weighted by atomic mass is 16.5. The molecule has 1 aliphatic heterocycles. The van der Waals surface area contributed by atoms with Gasteiger partial charge >= 0.3 is 5.97 Å². The molecule has 0 bridgehead atoms. The molecular weight excluding hydrogens is 246 g/mol. The van der Waals surface area contributed by atoms with Gasteiger partial charge in [0.1, 0.15) is 0 Å². The fourth-order valence-electron chi connectivity index (χ4n) is 2.41. The number of aliphatic carboxylic acids is 1. The molecule has 0 saturated carbocycles. The Hall–Kier alpha value is -1.85. The van der Waals surface area contributed by atoms with Gasteiger partial charge in [0.15, 0.2) is 0 Å². The Morgan fingerprint density at radius 3 is 3.21 bits per heavy atom. The number of carboxylic acids is 1. The van der Waals surface area contributed by atoms with Crippen molar-refractivity contribution < 1.29 is 14.6 Å². The lowest BCUT2D eigenvalue weighted by Crippen LogP contribution is -2.36. The van der Waals surface area contributed by atoms with Crippen LogP contribution in [0.4, 0.5) is 5.95 Å². The molecule has 1 saturated heterocycles. The van der Waals surface area contributed by atoms with Crippen molar-refractivity contribution in [2.24, 2.45) is 5.92 Å². The van der Waals surface area contributed by atoms with Crippen molar-refractivity contribution in [1.82, 2.24) is 9.97 Å². The molecule has 104 valence electrons. The maximum absolute atomic E-state index is 10.6. The third-order valence-electron chi connectivity index (χ3n) is 3.39. The fraction of sp³-hybridized carbons (Fsp3) is 0.615. The summed E-state index contributed by atoms with van der Waals surface area (Å²) in [6.45, 7) is 1.73. The van der Waals surface area contributed by atoms with E-state index >= 15 is 0 Å². The highest BCUT2D eigenvalue weighted by molar-refractivity contribution is 5.66. The number of nitrogens with zero attached hydrogens (tertiary/aromatic N) is 3. The number of carbonyl (C=O) groups is 1. The SMILES string of the molecule is COc1ccnc(N2CCCC(CCC(=O)O)C2)n1. The molecule has 1 unspecified atom stereocenters. The van der Waals surface area contributed by atoms with Crippen molar-refractivity contribution >= 4 is 11.9 Å². The van der Waals surface area contributed by atoms with E-state index in [0.717, 1.165) is 32.4 Å². The average Bonchev–Trinajstić information content (AvgIpc) is 2.45. The van der Waals surface area contributed by atoms with Crippen LogP contribution < -0.4 is 9.64 Å². The number of piperidine rings is 1. The molecule has 19 heavy (non-hydrogen) atoms. The predicted molar refractivity (Wildman–Crippen MR) is 70.4 cm³/mol. The number of ether oxygens (including phenoxy) is 1. The third-order valence-corrected chi connectivity index (χ3v) is 3.39. The molecule has 2 rings (SSSR count). The van der Waals surface area contributed by atoms with Gasteiger partial charge in [0.05, 0.1) is 7.11 Å². The Morgan fingerprint density at radius 2 is 2.47 bits per heavy atom. The van der Waals surface area contributed by atoms with Crippen molar-refractivity contribution in [2.45, 2.75) is 25.7 Å². The Bertz CT molecular complexity index is 439. The van der Waals surface area contributed by atoms with Crippen LogP contribution in [0.2, 0.25) is 0 Å². The van der Waals surface area contributed by atoms with E-state index in [0.29, 0.717) is 17.7 Å². The minimum absolute atomic E-state index is 0.234. The summed E-state index contributed by atoms with van der Waals surface area (Å²) in [5.41, 5.74) is 0. The molecule has 1 aromatic rings. The number of hydrogen-bond donors (Lipinski definition) is 1. The molecule has 0 amide bonds. The van der Waals surface area contributed by atoms with Crippen LogP contribution in [0.5, 0.6) is 5.88 Å². The number of rotatable bonds is 5.